The molecule has 15 heavy (non-hydrogen) atoms. The zero-order valence-corrected chi connectivity index (χ0v) is 10.8. The summed E-state index contributed by atoms with van der Waals surface area (Å²) >= 11 is 0. The first-order valence-corrected chi connectivity index (χ1v) is 6.80. The van der Waals surface area contributed by atoms with Crippen molar-refractivity contribution in [3.8, 4) is 0 Å². The van der Waals surface area contributed by atoms with E-state index < -0.39 is 0 Å². The van der Waals surface area contributed by atoms with E-state index in [4.69, 9.17) is 0 Å². The Morgan fingerprint density at radius 1 is 1.27 bits per heavy atom. The van der Waals surface area contributed by atoms with E-state index in [9.17, 15) is 5.11 Å². The maximum absolute atomic E-state index is 10.5. The fourth-order valence-corrected chi connectivity index (χ4v) is 2.84. The van der Waals surface area contributed by atoms with E-state index in [0.29, 0.717) is 0 Å². The fourth-order valence-electron chi connectivity index (χ4n) is 2.84. The Bertz CT molecular complexity index is 176. The highest BCUT2D eigenvalue weighted by Crippen LogP contribution is 2.36. The maximum Gasteiger partial charge on any atom is 0.0648 e. The molecule has 1 saturated carbocycles. The molecule has 1 fully saturated rings. The molecule has 0 aromatic rings. The summed E-state index contributed by atoms with van der Waals surface area (Å²) in [5.74, 6) is 1.64. The van der Waals surface area contributed by atoms with Crippen LogP contribution in [0.4, 0.5) is 0 Å². The normalized spacial score (nSPS) is 33.0. The summed E-state index contributed by atoms with van der Waals surface area (Å²) in [6.07, 6.45) is 9.27. The second-order valence-corrected chi connectivity index (χ2v) is 5.76. The van der Waals surface area contributed by atoms with Gasteiger partial charge in [0.1, 0.15) is 0 Å². The van der Waals surface area contributed by atoms with Crippen molar-refractivity contribution < 1.29 is 5.11 Å². The lowest BCUT2D eigenvalue weighted by molar-refractivity contribution is 0.0129. The van der Waals surface area contributed by atoms with E-state index in [1.807, 2.05) is 0 Å². The first-order valence-electron chi connectivity index (χ1n) is 6.80. The predicted molar refractivity (Wildman–Crippen MR) is 65.9 cm³/mol. The van der Waals surface area contributed by atoms with E-state index in [2.05, 4.69) is 20.8 Å². The minimum absolute atomic E-state index is 0.320. The van der Waals surface area contributed by atoms with Gasteiger partial charge < -0.3 is 5.11 Å². The molecule has 1 heteroatoms. The average Bonchev–Trinajstić information content (AvgIpc) is 2.38. The quantitative estimate of drug-likeness (QED) is 0.694. The van der Waals surface area contributed by atoms with Crippen molar-refractivity contribution >= 4 is 0 Å². The molecule has 2 unspecified atom stereocenters. The van der Waals surface area contributed by atoms with Gasteiger partial charge in [0, 0.05) is 0 Å². The highest BCUT2D eigenvalue weighted by atomic mass is 16.3. The van der Waals surface area contributed by atoms with Gasteiger partial charge in [0.2, 0.25) is 0 Å². The standard InChI is InChI=1S/C14H28O/c1-4-5-9-14(15)10-6-7-13(8-11-14)12(2)3/h12-13,15H,4-11H2,1-3H3. The second kappa shape index (κ2) is 5.89. The van der Waals surface area contributed by atoms with E-state index in [1.165, 1.54) is 32.1 Å². The Labute approximate surface area is 95.3 Å². The van der Waals surface area contributed by atoms with Crippen LogP contribution in [0.3, 0.4) is 0 Å². The molecule has 0 aliphatic heterocycles. The molecule has 0 amide bonds. The number of rotatable bonds is 4. The SMILES string of the molecule is CCCCC1(O)CCCC(C(C)C)CC1. The lowest BCUT2D eigenvalue weighted by atomic mass is 9.86. The average molecular weight is 212 g/mol. The molecule has 0 spiro atoms. The summed E-state index contributed by atoms with van der Waals surface area (Å²) < 4.78 is 0. The Morgan fingerprint density at radius 3 is 2.60 bits per heavy atom. The number of unbranched alkanes of at least 4 members (excludes halogenated alkanes) is 1. The minimum atomic E-state index is -0.320. The monoisotopic (exact) mass is 212 g/mol. The zero-order valence-electron chi connectivity index (χ0n) is 10.8. The van der Waals surface area contributed by atoms with Crippen LogP contribution in [0.15, 0.2) is 0 Å². The first kappa shape index (κ1) is 13.0. The Kier molecular flexibility index (Phi) is 5.11. The largest absolute Gasteiger partial charge is 0.390 e. The van der Waals surface area contributed by atoms with Crippen molar-refractivity contribution in [3.63, 3.8) is 0 Å². The molecule has 1 N–H and O–H groups in total. The summed E-state index contributed by atoms with van der Waals surface area (Å²) in [6, 6.07) is 0. The van der Waals surface area contributed by atoms with Gasteiger partial charge in [-0.15, -0.1) is 0 Å². The van der Waals surface area contributed by atoms with Gasteiger partial charge in [0.05, 0.1) is 5.60 Å². The van der Waals surface area contributed by atoms with Crippen LogP contribution < -0.4 is 0 Å². The van der Waals surface area contributed by atoms with E-state index in [1.54, 1.807) is 0 Å². The van der Waals surface area contributed by atoms with Gasteiger partial charge in [0.25, 0.3) is 0 Å². The summed E-state index contributed by atoms with van der Waals surface area (Å²) in [4.78, 5) is 0. The van der Waals surface area contributed by atoms with Crippen LogP contribution in [0.2, 0.25) is 0 Å². The molecular weight excluding hydrogens is 184 g/mol. The third-order valence-corrected chi connectivity index (χ3v) is 4.14. The zero-order chi connectivity index (χ0) is 11.3. The Morgan fingerprint density at radius 2 is 2.00 bits per heavy atom. The second-order valence-electron chi connectivity index (χ2n) is 5.76. The van der Waals surface area contributed by atoms with Gasteiger partial charge in [-0.1, -0.05) is 46.5 Å². The summed E-state index contributed by atoms with van der Waals surface area (Å²) in [6.45, 7) is 6.85. The maximum atomic E-state index is 10.5. The van der Waals surface area contributed by atoms with Crippen LogP contribution in [0.25, 0.3) is 0 Å². The van der Waals surface area contributed by atoms with Gasteiger partial charge in [-0.05, 0) is 37.5 Å². The van der Waals surface area contributed by atoms with Crippen molar-refractivity contribution in [2.45, 2.75) is 77.7 Å². The first-order chi connectivity index (χ1) is 7.07. The molecule has 0 saturated heterocycles. The van der Waals surface area contributed by atoms with Crippen molar-refractivity contribution in [2.24, 2.45) is 11.8 Å². The predicted octanol–water partition coefficient (Wildman–Crippen LogP) is 4.14. The van der Waals surface area contributed by atoms with Crippen LogP contribution in [0.1, 0.15) is 72.1 Å². The highest BCUT2D eigenvalue weighted by Gasteiger charge is 2.30. The van der Waals surface area contributed by atoms with Gasteiger partial charge in [-0.3, -0.25) is 0 Å². The minimum Gasteiger partial charge on any atom is -0.390 e. The molecule has 1 aliphatic carbocycles. The van der Waals surface area contributed by atoms with Crippen molar-refractivity contribution in [2.75, 3.05) is 0 Å². The number of hydrogen-bond acceptors (Lipinski definition) is 1. The molecule has 0 aromatic carbocycles. The number of hydrogen-bond donors (Lipinski definition) is 1. The summed E-state index contributed by atoms with van der Waals surface area (Å²) in [7, 11) is 0. The van der Waals surface area contributed by atoms with Crippen LogP contribution in [0, 0.1) is 11.8 Å². The Hall–Kier alpha value is -0.0400. The van der Waals surface area contributed by atoms with Crippen molar-refractivity contribution in [3.05, 3.63) is 0 Å². The molecule has 0 heterocycles. The molecule has 2 atom stereocenters. The van der Waals surface area contributed by atoms with E-state index in [0.717, 1.165) is 31.1 Å². The molecule has 1 nitrogen and oxygen atoms in total. The van der Waals surface area contributed by atoms with Gasteiger partial charge in [0.15, 0.2) is 0 Å². The van der Waals surface area contributed by atoms with Crippen LogP contribution in [-0.4, -0.2) is 10.7 Å². The van der Waals surface area contributed by atoms with E-state index >= 15 is 0 Å². The lowest BCUT2D eigenvalue weighted by Crippen LogP contribution is -2.27. The Balaban J connectivity index is 2.43. The fraction of sp³-hybridized carbons (Fsp3) is 1.00. The van der Waals surface area contributed by atoms with Crippen molar-refractivity contribution in [1.82, 2.24) is 0 Å². The molecule has 0 radical (unpaired) electrons. The van der Waals surface area contributed by atoms with E-state index in [-0.39, 0.29) is 5.60 Å². The van der Waals surface area contributed by atoms with Gasteiger partial charge >= 0.3 is 0 Å². The summed E-state index contributed by atoms with van der Waals surface area (Å²) in [5, 5.41) is 10.5. The molecule has 90 valence electrons. The van der Waals surface area contributed by atoms with Crippen LogP contribution >= 0.6 is 0 Å². The van der Waals surface area contributed by atoms with Crippen LogP contribution in [-0.2, 0) is 0 Å². The number of aliphatic hydroxyl groups is 1. The highest BCUT2D eigenvalue weighted by molar-refractivity contribution is 4.83. The smallest absolute Gasteiger partial charge is 0.0648 e. The van der Waals surface area contributed by atoms with Crippen LogP contribution in [0.5, 0.6) is 0 Å². The summed E-state index contributed by atoms with van der Waals surface area (Å²) in [5.41, 5.74) is -0.320. The van der Waals surface area contributed by atoms with Gasteiger partial charge in [-0.2, -0.15) is 0 Å². The lowest BCUT2D eigenvalue weighted by Gasteiger charge is -2.27. The molecule has 1 rings (SSSR count). The molecule has 0 bridgehead atoms. The van der Waals surface area contributed by atoms with Gasteiger partial charge in [-0.25, -0.2) is 0 Å². The molecule has 0 aromatic heterocycles. The molecule has 1 aliphatic rings. The third-order valence-electron chi connectivity index (χ3n) is 4.14. The topological polar surface area (TPSA) is 20.2 Å². The van der Waals surface area contributed by atoms with Crippen molar-refractivity contribution in [1.29, 1.82) is 0 Å². The third kappa shape index (κ3) is 4.14. The molecular formula is C14H28O.